The van der Waals surface area contributed by atoms with Crippen LogP contribution in [0.2, 0.25) is 0 Å². The number of likely N-dealkylation sites (N-methyl/N-ethyl adjacent to an activating group) is 1. The highest BCUT2D eigenvalue weighted by Crippen LogP contribution is 2.33. The Balaban J connectivity index is 1.56. The van der Waals surface area contributed by atoms with Crippen molar-refractivity contribution in [1.82, 2.24) is 14.9 Å². The standard InChI is InChI=1S/C27H37N7O6S/c1-16(2)34-15-22(35)32(6)21-13-28-25(31-23(21)34)30-19-10-18(11-20(12-19)41(7,38)39)29-24(36)17-8-9-33(14-17)26(37)40-27(3,4)5/h10-13,16-17H,8-9,14-15H2,1-7H3,(H,29,36)(H,28,30,31)/t17-/m1/s1. The number of hydrogen-bond donors (Lipinski definition) is 2. The molecule has 1 fully saturated rings. The van der Waals surface area contributed by atoms with E-state index in [1.54, 1.807) is 33.9 Å². The maximum atomic E-state index is 13.1. The number of carbonyl (C=O) groups is 3. The van der Waals surface area contributed by atoms with Crippen molar-refractivity contribution < 1.29 is 27.5 Å². The highest BCUT2D eigenvalue weighted by Gasteiger charge is 2.34. The van der Waals surface area contributed by atoms with Crippen LogP contribution in [0.15, 0.2) is 29.3 Å². The van der Waals surface area contributed by atoms with Crippen LogP contribution in [0.1, 0.15) is 41.0 Å². The zero-order valence-corrected chi connectivity index (χ0v) is 25.2. The van der Waals surface area contributed by atoms with Crippen molar-refractivity contribution in [2.24, 2.45) is 5.92 Å². The Morgan fingerprint density at radius 2 is 1.83 bits per heavy atom. The molecule has 3 heterocycles. The first kappa shape index (κ1) is 30.0. The monoisotopic (exact) mass is 587 g/mol. The summed E-state index contributed by atoms with van der Waals surface area (Å²) in [6.45, 7) is 10.0. The summed E-state index contributed by atoms with van der Waals surface area (Å²) < 4.78 is 30.3. The van der Waals surface area contributed by atoms with Crippen LogP contribution in [0.25, 0.3) is 0 Å². The van der Waals surface area contributed by atoms with Gasteiger partial charge in [0.15, 0.2) is 15.7 Å². The van der Waals surface area contributed by atoms with Crippen molar-refractivity contribution in [2.45, 2.75) is 57.6 Å². The third-order valence-electron chi connectivity index (χ3n) is 6.76. The minimum absolute atomic E-state index is 0.00589. The molecule has 222 valence electrons. The molecule has 1 aromatic carbocycles. The molecule has 41 heavy (non-hydrogen) atoms. The maximum absolute atomic E-state index is 13.1. The average Bonchev–Trinajstić information content (AvgIpc) is 3.35. The molecule has 3 amide bonds. The van der Waals surface area contributed by atoms with Gasteiger partial charge in [-0.2, -0.15) is 4.98 Å². The molecule has 0 spiro atoms. The lowest BCUT2D eigenvalue weighted by Gasteiger charge is -2.36. The van der Waals surface area contributed by atoms with Crippen molar-refractivity contribution in [3.8, 4) is 0 Å². The van der Waals surface area contributed by atoms with Crippen LogP contribution in [0.5, 0.6) is 0 Å². The molecule has 4 rings (SSSR count). The van der Waals surface area contributed by atoms with E-state index in [4.69, 9.17) is 4.74 Å². The lowest BCUT2D eigenvalue weighted by molar-refractivity contribution is -0.119. The number of benzene rings is 1. The van der Waals surface area contributed by atoms with Gasteiger partial charge in [0.05, 0.1) is 23.6 Å². The van der Waals surface area contributed by atoms with Gasteiger partial charge in [0, 0.05) is 43.8 Å². The maximum Gasteiger partial charge on any atom is 0.410 e. The number of fused-ring (bicyclic) bond motifs is 1. The molecular weight excluding hydrogens is 550 g/mol. The normalized spacial score (nSPS) is 17.5. The van der Waals surface area contributed by atoms with Gasteiger partial charge in [-0.1, -0.05) is 0 Å². The molecule has 1 aromatic heterocycles. The van der Waals surface area contributed by atoms with Crippen LogP contribution in [0, 0.1) is 5.92 Å². The predicted octanol–water partition coefficient (Wildman–Crippen LogP) is 3.01. The number of amides is 3. The first-order chi connectivity index (χ1) is 19.0. The molecule has 13 nitrogen and oxygen atoms in total. The van der Waals surface area contributed by atoms with Gasteiger partial charge in [-0.05, 0) is 59.2 Å². The largest absolute Gasteiger partial charge is 0.444 e. The topological polar surface area (TPSA) is 154 Å². The minimum atomic E-state index is -3.63. The lowest BCUT2D eigenvalue weighted by atomic mass is 10.1. The van der Waals surface area contributed by atoms with Crippen molar-refractivity contribution in [3.05, 3.63) is 24.4 Å². The number of hydrogen-bond acceptors (Lipinski definition) is 10. The van der Waals surface area contributed by atoms with E-state index in [0.29, 0.717) is 30.2 Å². The van der Waals surface area contributed by atoms with E-state index in [-0.39, 0.29) is 47.5 Å². The first-order valence-corrected chi connectivity index (χ1v) is 15.2. The van der Waals surface area contributed by atoms with Crippen LogP contribution in [-0.4, -0.2) is 85.8 Å². The third kappa shape index (κ3) is 7.04. The third-order valence-corrected chi connectivity index (χ3v) is 7.85. The number of nitrogens with zero attached hydrogens (tertiary/aromatic N) is 5. The zero-order chi connectivity index (χ0) is 30.3. The molecule has 1 atom stereocenters. The van der Waals surface area contributed by atoms with Crippen LogP contribution in [0.4, 0.5) is 33.6 Å². The number of sulfone groups is 1. The fourth-order valence-electron chi connectivity index (χ4n) is 4.56. The summed E-state index contributed by atoms with van der Waals surface area (Å²) in [6.07, 6.45) is 2.59. The van der Waals surface area contributed by atoms with Gasteiger partial charge in [0.1, 0.15) is 11.3 Å². The molecule has 2 N–H and O–H groups in total. The number of aromatic nitrogens is 2. The Morgan fingerprint density at radius 3 is 2.46 bits per heavy atom. The van der Waals surface area contributed by atoms with Crippen LogP contribution in [0.3, 0.4) is 0 Å². The minimum Gasteiger partial charge on any atom is -0.444 e. The molecular formula is C27H37N7O6S. The van der Waals surface area contributed by atoms with Crippen LogP contribution >= 0.6 is 0 Å². The molecule has 2 aromatic rings. The van der Waals surface area contributed by atoms with Crippen molar-refractivity contribution in [2.75, 3.05) is 53.4 Å². The molecule has 2 aliphatic heterocycles. The van der Waals surface area contributed by atoms with Gasteiger partial charge in [0.2, 0.25) is 17.8 Å². The van der Waals surface area contributed by atoms with Crippen LogP contribution < -0.4 is 20.4 Å². The molecule has 14 heteroatoms. The van der Waals surface area contributed by atoms with Gasteiger partial charge in [-0.15, -0.1) is 0 Å². The summed E-state index contributed by atoms with van der Waals surface area (Å²) in [4.78, 5) is 51.7. The Labute approximate surface area is 240 Å². The van der Waals surface area contributed by atoms with Gasteiger partial charge >= 0.3 is 6.09 Å². The van der Waals surface area contributed by atoms with E-state index < -0.39 is 27.4 Å². The number of ether oxygens (including phenoxy) is 1. The van der Waals surface area contributed by atoms with Gasteiger partial charge < -0.3 is 30.1 Å². The lowest BCUT2D eigenvalue weighted by Crippen LogP contribution is -2.47. The number of nitrogens with one attached hydrogen (secondary N) is 2. The van der Waals surface area contributed by atoms with Gasteiger partial charge in [0.25, 0.3) is 0 Å². The summed E-state index contributed by atoms with van der Waals surface area (Å²) in [6, 6.07) is 4.41. The van der Waals surface area contributed by atoms with E-state index in [2.05, 4.69) is 20.6 Å². The number of anilines is 5. The fourth-order valence-corrected chi connectivity index (χ4v) is 5.24. The average molecular weight is 588 g/mol. The van der Waals surface area contributed by atoms with Crippen molar-refractivity contribution >= 4 is 56.6 Å². The molecule has 0 unspecified atom stereocenters. The summed E-state index contributed by atoms with van der Waals surface area (Å²) in [5.74, 6) is -0.121. The van der Waals surface area contributed by atoms with E-state index in [1.807, 2.05) is 18.7 Å². The molecule has 2 aliphatic rings. The Hall–Kier alpha value is -3.94. The second kappa shape index (κ2) is 11.1. The highest BCUT2D eigenvalue weighted by atomic mass is 32.2. The highest BCUT2D eigenvalue weighted by molar-refractivity contribution is 7.90. The van der Waals surface area contributed by atoms with Crippen LogP contribution in [-0.2, 0) is 24.2 Å². The van der Waals surface area contributed by atoms with E-state index in [1.165, 1.54) is 28.1 Å². The fraction of sp³-hybridized carbons (Fsp3) is 0.519. The van der Waals surface area contributed by atoms with E-state index in [9.17, 15) is 22.8 Å². The van der Waals surface area contributed by atoms with Crippen molar-refractivity contribution in [3.63, 3.8) is 0 Å². The second-order valence-corrected chi connectivity index (χ2v) is 13.6. The predicted molar refractivity (Wildman–Crippen MR) is 155 cm³/mol. The Morgan fingerprint density at radius 1 is 1.15 bits per heavy atom. The number of carbonyl (C=O) groups excluding carboxylic acids is 3. The van der Waals surface area contributed by atoms with Gasteiger partial charge in [-0.25, -0.2) is 18.2 Å². The molecule has 0 radical (unpaired) electrons. The Kier molecular flexibility index (Phi) is 8.16. The number of rotatable bonds is 6. The second-order valence-electron chi connectivity index (χ2n) is 11.6. The SMILES string of the molecule is CC(C)N1CC(=O)N(C)c2cnc(Nc3cc(NC(=O)[C@@H]4CCN(C(=O)OC(C)(C)C)C4)cc(S(C)(=O)=O)c3)nc21. The van der Waals surface area contributed by atoms with E-state index in [0.717, 1.165) is 6.26 Å². The van der Waals surface area contributed by atoms with E-state index >= 15 is 0 Å². The molecule has 0 saturated carbocycles. The summed E-state index contributed by atoms with van der Waals surface area (Å²) in [7, 11) is -1.97. The molecule has 0 bridgehead atoms. The quantitative estimate of drug-likeness (QED) is 0.515. The summed E-state index contributed by atoms with van der Waals surface area (Å²) in [5.41, 5.74) is 0.537. The molecule has 1 saturated heterocycles. The van der Waals surface area contributed by atoms with Crippen molar-refractivity contribution in [1.29, 1.82) is 0 Å². The Bertz CT molecular complexity index is 1470. The number of likely N-dealkylation sites (tertiary alicyclic amines) is 1. The molecule has 0 aliphatic carbocycles. The summed E-state index contributed by atoms with van der Waals surface area (Å²) >= 11 is 0. The van der Waals surface area contributed by atoms with Gasteiger partial charge in [-0.3, -0.25) is 9.59 Å². The smallest absolute Gasteiger partial charge is 0.410 e. The first-order valence-electron chi connectivity index (χ1n) is 13.3. The summed E-state index contributed by atoms with van der Waals surface area (Å²) in [5, 5.41) is 5.84. The zero-order valence-electron chi connectivity index (χ0n) is 24.4.